The summed E-state index contributed by atoms with van der Waals surface area (Å²) in [6.45, 7) is 3.49. The summed E-state index contributed by atoms with van der Waals surface area (Å²) >= 11 is 6.69. The van der Waals surface area contributed by atoms with Gasteiger partial charge < -0.3 is 14.8 Å². The lowest BCUT2D eigenvalue weighted by Crippen LogP contribution is -2.35. The molecule has 1 amide bonds. The van der Waals surface area contributed by atoms with E-state index in [-0.39, 0.29) is 17.6 Å². The van der Waals surface area contributed by atoms with Gasteiger partial charge in [-0.15, -0.1) is 0 Å². The molecule has 3 aromatic rings. The van der Waals surface area contributed by atoms with Crippen molar-refractivity contribution in [3.63, 3.8) is 0 Å². The molecular formula is C26H26N4O4S2. The minimum absolute atomic E-state index is 0.00971. The van der Waals surface area contributed by atoms with Crippen molar-refractivity contribution in [3.05, 3.63) is 74.5 Å². The first-order valence-corrected chi connectivity index (χ1v) is 12.9. The molecule has 186 valence electrons. The van der Waals surface area contributed by atoms with Gasteiger partial charge in [-0.25, -0.2) is 4.98 Å². The molecule has 2 aromatic heterocycles. The lowest BCUT2D eigenvalue weighted by molar-refractivity contribution is -0.123. The van der Waals surface area contributed by atoms with Crippen LogP contribution in [0.2, 0.25) is 0 Å². The Bertz CT molecular complexity index is 1410. The van der Waals surface area contributed by atoms with Crippen LogP contribution in [0.15, 0.2) is 52.3 Å². The molecule has 0 radical (unpaired) electrons. The molecular weight excluding hydrogens is 496 g/mol. The van der Waals surface area contributed by atoms with Gasteiger partial charge in [0.2, 0.25) is 0 Å². The number of benzene rings is 1. The van der Waals surface area contributed by atoms with Gasteiger partial charge in [-0.1, -0.05) is 42.2 Å². The molecule has 36 heavy (non-hydrogen) atoms. The highest BCUT2D eigenvalue weighted by molar-refractivity contribution is 8.26. The number of carbonyl (C=O) groups excluding carboxylic acids is 1. The van der Waals surface area contributed by atoms with E-state index in [1.54, 1.807) is 30.3 Å². The van der Waals surface area contributed by atoms with E-state index >= 15 is 0 Å². The number of nitrogens with one attached hydrogen (secondary N) is 1. The lowest BCUT2D eigenvalue weighted by atomic mass is 10.2. The first-order chi connectivity index (χ1) is 17.4. The second kappa shape index (κ2) is 10.4. The molecule has 1 atom stereocenters. The van der Waals surface area contributed by atoms with Crippen LogP contribution in [-0.4, -0.2) is 50.9 Å². The Hall–Kier alpha value is -3.21. The number of methoxy groups -OCH3 is 1. The Morgan fingerprint density at radius 3 is 2.81 bits per heavy atom. The van der Waals surface area contributed by atoms with Gasteiger partial charge in [0.05, 0.1) is 30.2 Å². The summed E-state index contributed by atoms with van der Waals surface area (Å²) in [7, 11) is 1.62. The second-order valence-corrected chi connectivity index (χ2v) is 10.4. The van der Waals surface area contributed by atoms with Crippen LogP contribution in [0.1, 0.15) is 29.5 Å². The minimum atomic E-state index is -0.259. The van der Waals surface area contributed by atoms with Crippen LogP contribution < -0.4 is 15.6 Å². The smallest absolute Gasteiger partial charge is 0.267 e. The number of aryl methyl sites for hydroxylation is 1. The van der Waals surface area contributed by atoms with Gasteiger partial charge in [0.1, 0.15) is 21.5 Å². The number of ether oxygens (including phenoxy) is 2. The number of fused-ring (bicyclic) bond motifs is 1. The van der Waals surface area contributed by atoms with Gasteiger partial charge in [-0.3, -0.25) is 18.9 Å². The van der Waals surface area contributed by atoms with E-state index in [0.717, 1.165) is 29.7 Å². The summed E-state index contributed by atoms with van der Waals surface area (Å²) in [6, 6.07) is 11.4. The van der Waals surface area contributed by atoms with Crippen LogP contribution in [0.4, 0.5) is 5.82 Å². The number of thiocarbonyl (C=S) groups is 1. The average Bonchev–Trinajstić information content (AvgIpc) is 3.49. The van der Waals surface area contributed by atoms with Crippen LogP contribution in [0, 0.1) is 6.92 Å². The number of hydrogen-bond acceptors (Lipinski definition) is 8. The Kier molecular flexibility index (Phi) is 7.08. The summed E-state index contributed by atoms with van der Waals surface area (Å²) in [5, 5.41) is 3.30. The molecule has 1 aromatic carbocycles. The molecule has 8 nitrogen and oxygen atoms in total. The molecule has 4 heterocycles. The van der Waals surface area contributed by atoms with Gasteiger partial charge in [-0.05, 0) is 55.2 Å². The van der Waals surface area contributed by atoms with E-state index in [2.05, 4.69) is 5.32 Å². The minimum Gasteiger partial charge on any atom is -0.497 e. The molecule has 5 rings (SSSR count). The highest BCUT2D eigenvalue weighted by atomic mass is 32.2. The molecule has 2 aliphatic rings. The molecule has 0 bridgehead atoms. The predicted molar refractivity (Wildman–Crippen MR) is 145 cm³/mol. The summed E-state index contributed by atoms with van der Waals surface area (Å²) in [4.78, 5) is 33.5. The topological polar surface area (TPSA) is 85.2 Å². The molecule has 0 spiro atoms. The Labute approximate surface area is 218 Å². The molecule has 2 fully saturated rings. The zero-order valence-electron chi connectivity index (χ0n) is 20.0. The van der Waals surface area contributed by atoms with Crippen LogP contribution in [0.3, 0.4) is 0 Å². The Morgan fingerprint density at radius 1 is 1.28 bits per heavy atom. The SMILES string of the molecule is COc1ccc(CNc2nc3c(C)cccn3c(=O)c2/C=C2\SC(=S)N(CC3CCCO3)C2=O)cc1. The second-order valence-electron chi connectivity index (χ2n) is 8.69. The van der Waals surface area contributed by atoms with Crippen molar-refractivity contribution in [1.29, 1.82) is 0 Å². The van der Waals surface area contributed by atoms with Gasteiger partial charge in [-0.2, -0.15) is 0 Å². The summed E-state index contributed by atoms with van der Waals surface area (Å²) in [6.07, 6.45) is 5.17. The van der Waals surface area contributed by atoms with Gasteiger partial charge in [0, 0.05) is 19.3 Å². The number of pyridine rings is 1. The highest BCUT2D eigenvalue weighted by Crippen LogP contribution is 2.34. The Morgan fingerprint density at radius 2 is 2.08 bits per heavy atom. The molecule has 0 aliphatic carbocycles. The van der Waals surface area contributed by atoms with Crippen molar-refractivity contribution in [2.45, 2.75) is 32.4 Å². The zero-order chi connectivity index (χ0) is 25.2. The molecule has 1 unspecified atom stereocenters. The van der Waals surface area contributed by atoms with Crippen molar-refractivity contribution in [2.24, 2.45) is 0 Å². The van der Waals surface area contributed by atoms with Crippen LogP contribution in [0.25, 0.3) is 11.7 Å². The summed E-state index contributed by atoms with van der Waals surface area (Å²) in [5.41, 5.74) is 2.48. The van der Waals surface area contributed by atoms with Crippen molar-refractivity contribution in [2.75, 3.05) is 25.6 Å². The van der Waals surface area contributed by atoms with E-state index in [1.165, 1.54) is 16.2 Å². The van der Waals surface area contributed by atoms with Crippen LogP contribution in [0.5, 0.6) is 5.75 Å². The van der Waals surface area contributed by atoms with Crippen molar-refractivity contribution < 1.29 is 14.3 Å². The fourth-order valence-corrected chi connectivity index (χ4v) is 5.54. The maximum absolute atomic E-state index is 13.6. The number of hydrogen-bond donors (Lipinski definition) is 1. The number of nitrogens with zero attached hydrogens (tertiary/aromatic N) is 3. The normalized spacial score (nSPS) is 19.0. The average molecular weight is 523 g/mol. The van der Waals surface area contributed by atoms with Crippen LogP contribution >= 0.6 is 24.0 Å². The van der Waals surface area contributed by atoms with Crippen molar-refractivity contribution >= 4 is 51.7 Å². The molecule has 10 heteroatoms. The maximum atomic E-state index is 13.6. The fourth-order valence-electron chi connectivity index (χ4n) is 4.29. The largest absolute Gasteiger partial charge is 0.497 e. The van der Waals surface area contributed by atoms with E-state index < -0.39 is 0 Å². The summed E-state index contributed by atoms with van der Waals surface area (Å²) in [5.74, 6) is 0.965. The number of thioether (sulfide) groups is 1. The van der Waals surface area contributed by atoms with E-state index in [4.69, 9.17) is 26.7 Å². The third kappa shape index (κ3) is 4.88. The monoisotopic (exact) mass is 522 g/mol. The standard InChI is InChI=1S/C26H26N4O4S2/c1-16-5-3-11-29-23(16)28-22(27-14-17-7-9-18(33-2)10-8-17)20(24(29)31)13-21-25(32)30(26(35)36-21)15-19-6-4-12-34-19/h3,5,7-11,13,19,27H,4,6,12,14-15H2,1-2H3/b21-13-. The zero-order valence-corrected chi connectivity index (χ0v) is 21.7. The number of amides is 1. The first-order valence-electron chi connectivity index (χ1n) is 11.7. The fraction of sp³-hybridized carbons (Fsp3) is 0.308. The summed E-state index contributed by atoms with van der Waals surface area (Å²) < 4.78 is 12.9. The lowest BCUT2D eigenvalue weighted by Gasteiger charge is -2.18. The maximum Gasteiger partial charge on any atom is 0.267 e. The van der Waals surface area contributed by atoms with E-state index in [1.807, 2.05) is 37.3 Å². The van der Waals surface area contributed by atoms with E-state index in [9.17, 15) is 9.59 Å². The molecule has 0 saturated carbocycles. The van der Waals surface area contributed by atoms with Crippen molar-refractivity contribution in [3.8, 4) is 5.75 Å². The van der Waals surface area contributed by atoms with Crippen LogP contribution in [-0.2, 0) is 16.1 Å². The Balaban J connectivity index is 1.50. The van der Waals surface area contributed by atoms with Gasteiger partial charge in [0.25, 0.3) is 11.5 Å². The third-order valence-electron chi connectivity index (χ3n) is 6.26. The number of carbonyl (C=O) groups is 1. The van der Waals surface area contributed by atoms with E-state index in [0.29, 0.717) is 46.0 Å². The highest BCUT2D eigenvalue weighted by Gasteiger charge is 2.35. The quantitative estimate of drug-likeness (QED) is 0.368. The first kappa shape index (κ1) is 24.5. The predicted octanol–water partition coefficient (Wildman–Crippen LogP) is 4.00. The van der Waals surface area contributed by atoms with Gasteiger partial charge in [0.15, 0.2) is 0 Å². The molecule has 1 N–H and O–H groups in total. The molecule has 2 saturated heterocycles. The molecule has 2 aliphatic heterocycles. The third-order valence-corrected chi connectivity index (χ3v) is 7.64. The van der Waals surface area contributed by atoms with Crippen molar-refractivity contribution in [1.82, 2.24) is 14.3 Å². The number of anilines is 1. The number of rotatable bonds is 7. The number of aromatic nitrogens is 2. The van der Waals surface area contributed by atoms with Gasteiger partial charge >= 0.3 is 0 Å².